The molecule has 11 heavy (non-hydrogen) atoms. The van der Waals surface area contributed by atoms with Crippen molar-refractivity contribution in [2.24, 2.45) is 0 Å². The fourth-order valence-corrected chi connectivity index (χ4v) is 1.12. The number of nitrogens with two attached hydrogens (primary N) is 1. The summed E-state index contributed by atoms with van der Waals surface area (Å²) in [6.45, 7) is 1.76. The molecule has 0 saturated heterocycles. The van der Waals surface area contributed by atoms with Gasteiger partial charge in [0.2, 0.25) is 0 Å². The average Bonchev–Trinajstić information content (AvgIpc) is 1.97. The fourth-order valence-electron chi connectivity index (χ4n) is 0.696. The summed E-state index contributed by atoms with van der Waals surface area (Å²) >= 11 is 3.17. The van der Waals surface area contributed by atoms with Crippen molar-refractivity contribution in [2.75, 3.05) is 5.73 Å². The number of hydrogen-bond acceptors (Lipinski definition) is 3. The first-order valence-corrected chi connectivity index (χ1v) is 3.82. The zero-order valence-corrected chi connectivity index (χ0v) is 7.55. The molecule has 0 aliphatic heterocycles. The molecule has 1 heterocycles. The minimum absolute atomic E-state index is 0.386. The first kappa shape index (κ1) is 8.20. The molecule has 0 amide bonds. The molecule has 1 aromatic heterocycles. The summed E-state index contributed by atoms with van der Waals surface area (Å²) < 4.78 is 0.635. The monoisotopic (exact) mass is 214 g/mol. The van der Waals surface area contributed by atoms with E-state index < -0.39 is 0 Å². The van der Waals surface area contributed by atoms with Crippen molar-refractivity contribution in [3.05, 3.63) is 21.9 Å². The molecule has 0 radical (unpaired) electrons. The van der Waals surface area contributed by atoms with Crippen molar-refractivity contribution in [3.63, 3.8) is 0 Å². The molecular weight excluding hydrogens is 208 g/mol. The van der Waals surface area contributed by atoms with Gasteiger partial charge in [-0.15, -0.1) is 0 Å². The van der Waals surface area contributed by atoms with E-state index in [2.05, 4.69) is 20.9 Å². The van der Waals surface area contributed by atoms with E-state index in [1.54, 1.807) is 13.0 Å². The number of carbonyl (C=O) groups is 1. The topological polar surface area (TPSA) is 56.0 Å². The van der Waals surface area contributed by atoms with Gasteiger partial charge in [-0.2, -0.15) is 0 Å². The van der Waals surface area contributed by atoms with Gasteiger partial charge in [-0.05, 0) is 28.9 Å². The highest BCUT2D eigenvalue weighted by Gasteiger charge is 2.02. The Bertz CT molecular complexity index is 299. The van der Waals surface area contributed by atoms with Gasteiger partial charge in [0.25, 0.3) is 0 Å². The number of nitrogen functional groups attached to an aromatic ring is 1. The number of carbonyl (C=O) groups excluding carboxylic acids is 1. The Morgan fingerprint density at radius 2 is 2.36 bits per heavy atom. The van der Waals surface area contributed by atoms with Crippen LogP contribution in [0.25, 0.3) is 0 Å². The molecular formula is C7H7BrN2O. The molecule has 0 saturated carbocycles. The second-order valence-electron chi connectivity index (χ2n) is 2.15. The van der Waals surface area contributed by atoms with E-state index in [4.69, 9.17) is 5.73 Å². The Morgan fingerprint density at radius 3 is 2.91 bits per heavy atom. The summed E-state index contributed by atoms with van der Waals surface area (Å²) in [5.41, 5.74) is 7.18. The van der Waals surface area contributed by atoms with Crippen LogP contribution >= 0.6 is 15.9 Å². The summed E-state index contributed by atoms with van der Waals surface area (Å²) in [6, 6.07) is 1.67. The van der Waals surface area contributed by atoms with Gasteiger partial charge >= 0.3 is 0 Å². The normalized spacial score (nSPS) is 9.64. The van der Waals surface area contributed by atoms with Crippen LogP contribution in [0.15, 0.2) is 10.5 Å². The summed E-state index contributed by atoms with van der Waals surface area (Å²) in [6.07, 6.45) is 0.691. The van der Waals surface area contributed by atoms with E-state index >= 15 is 0 Å². The number of rotatable bonds is 1. The highest BCUT2D eigenvalue weighted by molar-refractivity contribution is 9.10. The average molecular weight is 215 g/mol. The standard InChI is InChI=1S/C7H7BrN2O/c1-4-6(9)2-5(8)7(3-11)10-4/h2-3H,9H2,1H3. The van der Waals surface area contributed by atoms with E-state index in [0.29, 0.717) is 27.8 Å². The molecule has 4 heteroatoms. The largest absolute Gasteiger partial charge is 0.397 e. The lowest BCUT2D eigenvalue weighted by atomic mass is 10.3. The molecule has 0 spiro atoms. The number of hydrogen-bond donors (Lipinski definition) is 1. The molecule has 1 aromatic rings. The van der Waals surface area contributed by atoms with Gasteiger partial charge in [0, 0.05) is 4.47 Å². The van der Waals surface area contributed by atoms with Crippen molar-refractivity contribution in [1.29, 1.82) is 0 Å². The van der Waals surface area contributed by atoms with Crippen LogP contribution < -0.4 is 5.73 Å². The summed E-state index contributed by atoms with van der Waals surface area (Å²) in [5, 5.41) is 0. The van der Waals surface area contributed by atoms with Crippen LogP contribution in [0.4, 0.5) is 5.69 Å². The van der Waals surface area contributed by atoms with Crippen LogP contribution in [-0.2, 0) is 0 Å². The third-order valence-corrected chi connectivity index (χ3v) is 1.98. The zero-order chi connectivity index (χ0) is 8.43. The summed E-state index contributed by atoms with van der Waals surface area (Å²) in [5.74, 6) is 0. The number of pyridine rings is 1. The smallest absolute Gasteiger partial charge is 0.169 e. The molecule has 0 aromatic carbocycles. The number of anilines is 1. The van der Waals surface area contributed by atoms with Crippen molar-refractivity contribution in [3.8, 4) is 0 Å². The number of aryl methyl sites for hydroxylation is 1. The van der Waals surface area contributed by atoms with Gasteiger partial charge in [0.15, 0.2) is 6.29 Å². The second-order valence-corrected chi connectivity index (χ2v) is 3.00. The Labute approximate surface area is 72.7 Å². The lowest BCUT2D eigenvalue weighted by Crippen LogP contribution is -1.97. The van der Waals surface area contributed by atoms with E-state index in [9.17, 15) is 4.79 Å². The maximum atomic E-state index is 10.4. The maximum absolute atomic E-state index is 10.4. The van der Waals surface area contributed by atoms with Crippen LogP contribution in [0.5, 0.6) is 0 Å². The third kappa shape index (κ3) is 1.57. The maximum Gasteiger partial charge on any atom is 0.169 e. The SMILES string of the molecule is Cc1nc(C=O)c(Br)cc1N. The first-order valence-electron chi connectivity index (χ1n) is 3.03. The van der Waals surface area contributed by atoms with Gasteiger partial charge in [0.05, 0.1) is 11.4 Å². The molecule has 0 unspecified atom stereocenters. The molecule has 0 aliphatic carbocycles. The lowest BCUT2D eigenvalue weighted by molar-refractivity contribution is 0.111. The van der Waals surface area contributed by atoms with Gasteiger partial charge in [-0.25, -0.2) is 4.98 Å². The van der Waals surface area contributed by atoms with Crippen LogP contribution in [0, 0.1) is 6.92 Å². The second kappa shape index (κ2) is 3.00. The molecule has 1 rings (SSSR count). The Hall–Kier alpha value is -0.900. The molecule has 3 nitrogen and oxygen atoms in total. The lowest BCUT2D eigenvalue weighted by Gasteiger charge is -2.00. The van der Waals surface area contributed by atoms with Crippen molar-refractivity contribution >= 4 is 27.9 Å². The molecule has 0 atom stereocenters. The predicted molar refractivity (Wildman–Crippen MR) is 46.5 cm³/mol. The predicted octanol–water partition coefficient (Wildman–Crippen LogP) is 1.55. The highest BCUT2D eigenvalue weighted by Crippen LogP contribution is 2.18. The van der Waals surface area contributed by atoms with Gasteiger partial charge in [0.1, 0.15) is 5.69 Å². The fraction of sp³-hybridized carbons (Fsp3) is 0.143. The Balaban J connectivity index is 3.31. The summed E-state index contributed by atoms with van der Waals surface area (Å²) in [7, 11) is 0. The number of aromatic nitrogens is 1. The third-order valence-electron chi connectivity index (χ3n) is 1.34. The molecule has 0 bridgehead atoms. The molecule has 2 N–H and O–H groups in total. The van der Waals surface area contributed by atoms with Gasteiger partial charge in [-0.1, -0.05) is 0 Å². The van der Waals surface area contributed by atoms with Crippen molar-refractivity contribution in [2.45, 2.75) is 6.92 Å². The number of halogens is 1. The number of nitrogens with zero attached hydrogens (tertiary/aromatic N) is 1. The Morgan fingerprint density at radius 1 is 1.73 bits per heavy atom. The highest BCUT2D eigenvalue weighted by atomic mass is 79.9. The first-order chi connectivity index (χ1) is 5.15. The zero-order valence-electron chi connectivity index (χ0n) is 5.97. The number of aldehydes is 1. The van der Waals surface area contributed by atoms with Crippen molar-refractivity contribution < 1.29 is 4.79 Å². The molecule has 0 aliphatic rings. The van der Waals surface area contributed by atoms with Crippen LogP contribution in [0.1, 0.15) is 16.2 Å². The quantitative estimate of drug-likeness (QED) is 0.723. The van der Waals surface area contributed by atoms with Crippen LogP contribution in [0.3, 0.4) is 0 Å². The van der Waals surface area contributed by atoms with Gasteiger partial charge < -0.3 is 5.73 Å². The molecule has 58 valence electrons. The molecule has 0 fully saturated rings. The van der Waals surface area contributed by atoms with Crippen LogP contribution in [0.2, 0.25) is 0 Å². The van der Waals surface area contributed by atoms with E-state index in [-0.39, 0.29) is 0 Å². The van der Waals surface area contributed by atoms with Crippen molar-refractivity contribution in [1.82, 2.24) is 4.98 Å². The minimum atomic E-state index is 0.386. The van der Waals surface area contributed by atoms with E-state index in [1.165, 1.54) is 0 Å². The van der Waals surface area contributed by atoms with Gasteiger partial charge in [-0.3, -0.25) is 4.79 Å². The van der Waals surface area contributed by atoms with Crippen LogP contribution in [-0.4, -0.2) is 11.3 Å². The van der Waals surface area contributed by atoms with E-state index in [1.807, 2.05) is 0 Å². The van der Waals surface area contributed by atoms with E-state index in [0.717, 1.165) is 0 Å². The Kier molecular flexibility index (Phi) is 2.24. The minimum Gasteiger partial charge on any atom is -0.397 e. The summed E-state index contributed by atoms with van der Waals surface area (Å²) in [4.78, 5) is 14.3.